The van der Waals surface area contributed by atoms with Crippen molar-refractivity contribution in [1.29, 1.82) is 0 Å². The second-order valence-electron chi connectivity index (χ2n) is 4.92. The van der Waals surface area contributed by atoms with Crippen LogP contribution in [0.4, 0.5) is 0 Å². The molecule has 1 heterocycles. The molecule has 0 bridgehead atoms. The van der Waals surface area contributed by atoms with Gasteiger partial charge in [-0.15, -0.1) is 0 Å². The van der Waals surface area contributed by atoms with Gasteiger partial charge in [-0.2, -0.15) is 0 Å². The fourth-order valence-electron chi connectivity index (χ4n) is 2.58. The second kappa shape index (κ2) is 5.32. The Hall–Kier alpha value is -1.67. The van der Waals surface area contributed by atoms with Crippen molar-refractivity contribution in [3.8, 4) is 0 Å². The summed E-state index contributed by atoms with van der Waals surface area (Å²) in [5.74, 6) is 0. The van der Waals surface area contributed by atoms with Gasteiger partial charge in [-0.25, -0.2) is 0 Å². The lowest BCUT2D eigenvalue weighted by atomic mass is 9.92. The Morgan fingerprint density at radius 2 is 2.00 bits per heavy atom. The highest BCUT2D eigenvalue weighted by atomic mass is 14.9. The number of hydrogen-bond acceptors (Lipinski definition) is 2. The average molecular weight is 238 g/mol. The quantitative estimate of drug-likeness (QED) is 0.889. The highest BCUT2D eigenvalue weighted by molar-refractivity contribution is 5.24. The number of aromatic nitrogens is 1. The third-order valence-corrected chi connectivity index (χ3v) is 3.62. The molecule has 1 aromatic carbocycles. The van der Waals surface area contributed by atoms with Gasteiger partial charge in [-0.05, 0) is 30.0 Å². The van der Waals surface area contributed by atoms with Gasteiger partial charge in [0, 0.05) is 30.9 Å². The van der Waals surface area contributed by atoms with Crippen molar-refractivity contribution in [2.75, 3.05) is 0 Å². The first-order valence-corrected chi connectivity index (χ1v) is 6.62. The Morgan fingerprint density at radius 3 is 2.89 bits per heavy atom. The first-order chi connectivity index (χ1) is 8.92. The van der Waals surface area contributed by atoms with E-state index in [-0.39, 0.29) is 0 Å². The van der Waals surface area contributed by atoms with Crippen LogP contribution in [0.3, 0.4) is 0 Å². The third kappa shape index (κ3) is 2.59. The highest BCUT2D eigenvalue weighted by Crippen LogP contribution is 2.19. The van der Waals surface area contributed by atoms with E-state index in [2.05, 4.69) is 46.7 Å². The number of rotatable bonds is 3. The van der Waals surface area contributed by atoms with Gasteiger partial charge in [0.15, 0.2) is 0 Å². The molecule has 1 unspecified atom stereocenters. The largest absolute Gasteiger partial charge is 0.310 e. The summed E-state index contributed by atoms with van der Waals surface area (Å²) in [6, 6.07) is 15.4. The molecule has 3 rings (SSSR count). The smallest absolute Gasteiger partial charge is 0.0451 e. The predicted molar refractivity (Wildman–Crippen MR) is 73.3 cm³/mol. The van der Waals surface area contributed by atoms with Crippen molar-refractivity contribution in [1.82, 2.24) is 10.3 Å². The van der Waals surface area contributed by atoms with E-state index in [0.717, 1.165) is 19.4 Å². The van der Waals surface area contributed by atoms with Crippen LogP contribution in [-0.4, -0.2) is 11.0 Å². The van der Waals surface area contributed by atoms with Gasteiger partial charge < -0.3 is 5.32 Å². The SMILES string of the molecule is c1ccc(CNC2CCc3cccnc3C2)cc1. The molecule has 2 heteroatoms. The lowest BCUT2D eigenvalue weighted by molar-refractivity contribution is 0.452. The molecule has 2 aromatic rings. The summed E-state index contributed by atoms with van der Waals surface area (Å²) in [5, 5.41) is 3.64. The van der Waals surface area contributed by atoms with Crippen molar-refractivity contribution in [2.45, 2.75) is 31.8 Å². The number of benzene rings is 1. The summed E-state index contributed by atoms with van der Waals surface area (Å²) < 4.78 is 0. The van der Waals surface area contributed by atoms with E-state index in [1.54, 1.807) is 0 Å². The number of hydrogen-bond donors (Lipinski definition) is 1. The maximum absolute atomic E-state index is 4.48. The van der Waals surface area contributed by atoms with Crippen molar-refractivity contribution in [2.24, 2.45) is 0 Å². The van der Waals surface area contributed by atoms with E-state index in [0.29, 0.717) is 6.04 Å². The minimum Gasteiger partial charge on any atom is -0.310 e. The average Bonchev–Trinajstić information content (AvgIpc) is 2.46. The molecular formula is C16H18N2. The summed E-state index contributed by atoms with van der Waals surface area (Å²) in [6.07, 6.45) is 5.32. The molecule has 1 aromatic heterocycles. The molecule has 1 aliphatic carbocycles. The summed E-state index contributed by atoms with van der Waals surface area (Å²) in [4.78, 5) is 4.48. The van der Waals surface area contributed by atoms with Crippen LogP contribution in [0.15, 0.2) is 48.7 Å². The minimum atomic E-state index is 0.563. The molecule has 0 spiro atoms. The minimum absolute atomic E-state index is 0.563. The standard InChI is InChI=1S/C16H18N2/c1-2-5-13(6-3-1)12-18-15-9-8-14-7-4-10-17-16(14)11-15/h1-7,10,15,18H,8-9,11-12H2. The first-order valence-electron chi connectivity index (χ1n) is 6.62. The molecule has 1 atom stereocenters. The van der Waals surface area contributed by atoms with Crippen LogP contribution in [0.5, 0.6) is 0 Å². The topological polar surface area (TPSA) is 24.9 Å². The molecule has 2 nitrogen and oxygen atoms in total. The molecule has 0 saturated carbocycles. The van der Waals surface area contributed by atoms with Gasteiger partial charge >= 0.3 is 0 Å². The number of nitrogens with one attached hydrogen (secondary N) is 1. The van der Waals surface area contributed by atoms with Crippen molar-refractivity contribution in [3.05, 3.63) is 65.5 Å². The maximum atomic E-state index is 4.48. The molecule has 1 aliphatic rings. The first kappa shape index (κ1) is 11.4. The maximum Gasteiger partial charge on any atom is 0.0451 e. The zero-order chi connectivity index (χ0) is 12.2. The number of fused-ring (bicyclic) bond motifs is 1. The second-order valence-corrected chi connectivity index (χ2v) is 4.92. The van der Waals surface area contributed by atoms with Gasteiger partial charge in [0.1, 0.15) is 0 Å². The Kier molecular flexibility index (Phi) is 3.37. The van der Waals surface area contributed by atoms with E-state index in [1.807, 2.05) is 12.3 Å². The molecule has 0 aliphatic heterocycles. The van der Waals surface area contributed by atoms with Gasteiger partial charge in [-0.1, -0.05) is 36.4 Å². The Morgan fingerprint density at radius 1 is 1.11 bits per heavy atom. The van der Waals surface area contributed by atoms with Gasteiger partial charge in [0.2, 0.25) is 0 Å². The fourth-order valence-corrected chi connectivity index (χ4v) is 2.58. The van der Waals surface area contributed by atoms with E-state index in [4.69, 9.17) is 0 Å². The van der Waals surface area contributed by atoms with Crippen LogP contribution >= 0.6 is 0 Å². The van der Waals surface area contributed by atoms with Crippen LogP contribution in [-0.2, 0) is 19.4 Å². The van der Waals surface area contributed by atoms with Crippen LogP contribution in [0, 0.1) is 0 Å². The third-order valence-electron chi connectivity index (χ3n) is 3.62. The van der Waals surface area contributed by atoms with E-state index >= 15 is 0 Å². The van der Waals surface area contributed by atoms with Crippen molar-refractivity contribution < 1.29 is 0 Å². The normalized spacial score (nSPS) is 18.3. The van der Waals surface area contributed by atoms with Crippen LogP contribution < -0.4 is 5.32 Å². The number of pyridine rings is 1. The van der Waals surface area contributed by atoms with Crippen LogP contribution in [0.2, 0.25) is 0 Å². The summed E-state index contributed by atoms with van der Waals surface area (Å²) in [6.45, 7) is 0.952. The summed E-state index contributed by atoms with van der Waals surface area (Å²) >= 11 is 0. The Balaban J connectivity index is 1.60. The van der Waals surface area contributed by atoms with E-state index < -0.39 is 0 Å². The zero-order valence-corrected chi connectivity index (χ0v) is 10.5. The van der Waals surface area contributed by atoms with Crippen molar-refractivity contribution in [3.63, 3.8) is 0 Å². The van der Waals surface area contributed by atoms with Crippen molar-refractivity contribution >= 4 is 0 Å². The van der Waals surface area contributed by atoms with E-state index in [9.17, 15) is 0 Å². The van der Waals surface area contributed by atoms with E-state index in [1.165, 1.54) is 23.2 Å². The number of nitrogens with zero attached hydrogens (tertiary/aromatic N) is 1. The Bertz CT molecular complexity index is 508. The lowest BCUT2D eigenvalue weighted by Gasteiger charge is -2.24. The lowest BCUT2D eigenvalue weighted by Crippen LogP contribution is -2.34. The fraction of sp³-hybridized carbons (Fsp3) is 0.312. The van der Waals surface area contributed by atoms with Gasteiger partial charge in [0.25, 0.3) is 0 Å². The molecule has 0 fully saturated rings. The van der Waals surface area contributed by atoms with Gasteiger partial charge in [0.05, 0.1) is 0 Å². The van der Waals surface area contributed by atoms with Crippen LogP contribution in [0.25, 0.3) is 0 Å². The molecule has 0 radical (unpaired) electrons. The predicted octanol–water partition coefficient (Wildman–Crippen LogP) is 2.73. The Labute approximate surface area is 108 Å². The highest BCUT2D eigenvalue weighted by Gasteiger charge is 2.18. The number of aryl methyl sites for hydroxylation is 1. The molecule has 0 saturated heterocycles. The molecule has 18 heavy (non-hydrogen) atoms. The monoisotopic (exact) mass is 238 g/mol. The summed E-state index contributed by atoms with van der Waals surface area (Å²) in [7, 11) is 0. The summed E-state index contributed by atoms with van der Waals surface area (Å²) in [5.41, 5.74) is 4.05. The molecule has 0 amide bonds. The molecule has 1 N–H and O–H groups in total. The van der Waals surface area contributed by atoms with Crippen LogP contribution in [0.1, 0.15) is 23.2 Å². The molecular weight excluding hydrogens is 220 g/mol. The zero-order valence-electron chi connectivity index (χ0n) is 10.5. The van der Waals surface area contributed by atoms with Gasteiger partial charge in [-0.3, -0.25) is 4.98 Å². The molecule has 92 valence electrons.